The first-order valence-corrected chi connectivity index (χ1v) is 9.30. The Morgan fingerprint density at radius 1 is 1.24 bits per heavy atom. The van der Waals surface area contributed by atoms with Gasteiger partial charge < -0.3 is 9.72 Å². The van der Waals surface area contributed by atoms with Gasteiger partial charge in [0, 0.05) is 44.4 Å². The molecular weight excluding hydrogens is 340 g/mol. The predicted molar refractivity (Wildman–Crippen MR) is 98.1 cm³/mol. The maximum absolute atomic E-state index is 12.2. The zero-order chi connectivity index (χ0) is 17.2. The molecule has 0 radical (unpaired) electrons. The van der Waals surface area contributed by atoms with Crippen LogP contribution in [0, 0.1) is 0 Å². The number of nitrogens with one attached hydrogen (secondary N) is 1. The lowest BCUT2D eigenvalue weighted by Gasteiger charge is -2.35. The normalized spacial score (nSPS) is 22.7. The van der Waals surface area contributed by atoms with E-state index in [2.05, 4.69) is 19.8 Å². The molecule has 1 atom stereocenters. The van der Waals surface area contributed by atoms with E-state index in [1.54, 1.807) is 18.2 Å². The van der Waals surface area contributed by atoms with Crippen LogP contribution in [0.5, 0.6) is 0 Å². The fourth-order valence-electron chi connectivity index (χ4n) is 3.65. The SMILES string of the molecule is O=c1[nH]c(CN2CCN(C[C@H]3CCCO3)CC2)nc2cc(Cl)ccc12. The van der Waals surface area contributed by atoms with Gasteiger partial charge >= 0.3 is 0 Å². The zero-order valence-electron chi connectivity index (χ0n) is 14.2. The molecule has 0 aliphatic carbocycles. The van der Waals surface area contributed by atoms with Crippen molar-refractivity contribution in [3.63, 3.8) is 0 Å². The lowest BCUT2D eigenvalue weighted by atomic mass is 10.2. The van der Waals surface area contributed by atoms with E-state index < -0.39 is 0 Å². The Morgan fingerprint density at radius 2 is 2.04 bits per heavy atom. The maximum Gasteiger partial charge on any atom is 0.258 e. The predicted octanol–water partition coefficient (Wildman–Crippen LogP) is 1.87. The summed E-state index contributed by atoms with van der Waals surface area (Å²) in [6.45, 7) is 6.62. The molecule has 0 bridgehead atoms. The first-order valence-electron chi connectivity index (χ1n) is 8.92. The van der Waals surface area contributed by atoms with Crippen LogP contribution >= 0.6 is 11.6 Å². The fraction of sp³-hybridized carbons (Fsp3) is 0.556. The van der Waals surface area contributed by atoms with Crippen molar-refractivity contribution in [3.05, 3.63) is 39.4 Å². The summed E-state index contributed by atoms with van der Waals surface area (Å²) in [5, 5.41) is 1.17. The summed E-state index contributed by atoms with van der Waals surface area (Å²) in [4.78, 5) is 24.5. The smallest absolute Gasteiger partial charge is 0.258 e. The molecule has 1 N–H and O–H groups in total. The number of hydrogen-bond donors (Lipinski definition) is 1. The Bertz CT molecular complexity index is 795. The molecule has 6 nitrogen and oxygen atoms in total. The van der Waals surface area contributed by atoms with Gasteiger partial charge in [0.25, 0.3) is 5.56 Å². The van der Waals surface area contributed by atoms with E-state index in [4.69, 9.17) is 16.3 Å². The molecule has 4 rings (SSSR count). The Kier molecular flexibility index (Phi) is 5.03. The van der Waals surface area contributed by atoms with Gasteiger partial charge in [-0.05, 0) is 31.0 Å². The first-order chi connectivity index (χ1) is 12.2. The van der Waals surface area contributed by atoms with Crippen LogP contribution < -0.4 is 5.56 Å². The van der Waals surface area contributed by atoms with Crippen LogP contribution in [0.15, 0.2) is 23.0 Å². The molecular formula is C18H23ClN4O2. The van der Waals surface area contributed by atoms with Gasteiger partial charge in [-0.1, -0.05) is 11.6 Å². The van der Waals surface area contributed by atoms with E-state index in [-0.39, 0.29) is 5.56 Å². The second-order valence-corrected chi connectivity index (χ2v) is 7.32. The van der Waals surface area contributed by atoms with Gasteiger partial charge in [0.1, 0.15) is 5.82 Å². The van der Waals surface area contributed by atoms with Gasteiger partial charge in [0.15, 0.2) is 0 Å². The van der Waals surface area contributed by atoms with Crippen molar-refractivity contribution in [1.82, 2.24) is 19.8 Å². The van der Waals surface area contributed by atoms with Crippen LogP contribution in [0.2, 0.25) is 5.02 Å². The maximum atomic E-state index is 12.2. The van der Waals surface area contributed by atoms with Gasteiger partial charge in [-0.2, -0.15) is 0 Å². The lowest BCUT2D eigenvalue weighted by molar-refractivity contribution is 0.0484. The van der Waals surface area contributed by atoms with E-state index in [1.165, 1.54) is 12.8 Å². The topological polar surface area (TPSA) is 61.5 Å². The van der Waals surface area contributed by atoms with Crippen molar-refractivity contribution >= 4 is 22.5 Å². The molecule has 1 aromatic carbocycles. The Labute approximate surface area is 151 Å². The summed E-state index contributed by atoms with van der Waals surface area (Å²) < 4.78 is 5.73. The van der Waals surface area contributed by atoms with Gasteiger partial charge in [-0.3, -0.25) is 14.6 Å². The minimum Gasteiger partial charge on any atom is -0.377 e. The molecule has 0 saturated carbocycles. The first kappa shape index (κ1) is 17.0. The largest absolute Gasteiger partial charge is 0.377 e. The van der Waals surface area contributed by atoms with Crippen molar-refractivity contribution in [1.29, 1.82) is 0 Å². The van der Waals surface area contributed by atoms with Gasteiger partial charge in [0.2, 0.25) is 0 Å². The third-order valence-electron chi connectivity index (χ3n) is 5.04. The Hall–Kier alpha value is -1.47. The van der Waals surface area contributed by atoms with Gasteiger partial charge in [-0.15, -0.1) is 0 Å². The molecule has 1 aromatic heterocycles. The van der Waals surface area contributed by atoms with Crippen molar-refractivity contribution in [2.24, 2.45) is 0 Å². The minimum absolute atomic E-state index is 0.103. The molecule has 0 unspecified atom stereocenters. The molecule has 0 amide bonds. The van der Waals surface area contributed by atoms with Crippen molar-refractivity contribution in [2.75, 3.05) is 39.3 Å². The van der Waals surface area contributed by atoms with E-state index in [0.717, 1.165) is 39.3 Å². The number of aromatic amines is 1. The highest BCUT2D eigenvalue weighted by Crippen LogP contribution is 2.16. The monoisotopic (exact) mass is 362 g/mol. The molecule has 2 aliphatic heterocycles. The number of H-pyrrole nitrogens is 1. The number of nitrogens with zero attached hydrogens (tertiary/aromatic N) is 3. The van der Waals surface area contributed by atoms with Crippen molar-refractivity contribution < 1.29 is 4.74 Å². The number of rotatable bonds is 4. The summed E-state index contributed by atoms with van der Waals surface area (Å²) in [6.07, 6.45) is 2.79. The molecule has 2 aromatic rings. The van der Waals surface area contributed by atoms with Crippen molar-refractivity contribution in [3.8, 4) is 0 Å². The van der Waals surface area contributed by atoms with Gasteiger partial charge in [-0.25, -0.2) is 4.98 Å². The number of piperazine rings is 1. The third kappa shape index (κ3) is 4.03. The van der Waals surface area contributed by atoms with Crippen LogP contribution in [0.3, 0.4) is 0 Å². The van der Waals surface area contributed by atoms with Crippen LogP contribution in [-0.2, 0) is 11.3 Å². The average molecular weight is 363 g/mol. The van der Waals surface area contributed by atoms with Crippen LogP contribution in [0.4, 0.5) is 0 Å². The molecule has 134 valence electrons. The number of halogens is 1. The standard InChI is InChI=1S/C18H23ClN4O2/c19-13-3-4-15-16(10-13)20-17(21-18(15)24)12-23-7-5-22(6-8-23)11-14-2-1-9-25-14/h3-4,10,14H,1-2,5-9,11-12H2,(H,20,21,24)/t14-/m1/s1. The summed E-state index contributed by atoms with van der Waals surface area (Å²) in [7, 11) is 0. The van der Waals surface area contributed by atoms with Crippen LogP contribution in [-0.4, -0.2) is 65.2 Å². The average Bonchev–Trinajstić information content (AvgIpc) is 3.09. The molecule has 3 heterocycles. The third-order valence-corrected chi connectivity index (χ3v) is 5.28. The molecule has 7 heteroatoms. The van der Waals surface area contributed by atoms with Crippen molar-refractivity contribution in [2.45, 2.75) is 25.5 Å². The van der Waals surface area contributed by atoms with Crippen LogP contribution in [0.1, 0.15) is 18.7 Å². The number of fused-ring (bicyclic) bond motifs is 1. The quantitative estimate of drug-likeness (QED) is 0.899. The highest BCUT2D eigenvalue weighted by Gasteiger charge is 2.23. The zero-order valence-corrected chi connectivity index (χ0v) is 15.0. The lowest BCUT2D eigenvalue weighted by Crippen LogP contribution is -2.48. The van der Waals surface area contributed by atoms with E-state index in [0.29, 0.717) is 34.4 Å². The van der Waals surface area contributed by atoms with E-state index in [1.807, 2.05) is 0 Å². The fourth-order valence-corrected chi connectivity index (χ4v) is 3.82. The van der Waals surface area contributed by atoms with Gasteiger partial charge in [0.05, 0.1) is 23.6 Å². The molecule has 2 saturated heterocycles. The van der Waals surface area contributed by atoms with E-state index >= 15 is 0 Å². The highest BCUT2D eigenvalue weighted by molar-refractivity contribution is 6.31. The molecule has 2 aliphatic rings. The Balaban J connectivity index is 1.38. The Morgan fingerprint density at radius 3 is 2.80 bits per heavy atom. The summed E-state index contributed by atoms with van der Waals surface area (Å²) >= 11 is 6.02. The van der Waals surface area contributed by atoms with E-state index in [9.17, 15) is 4.79 Å². The number of hydrogen-bond acceptors (Lipinski definition) is 5. The van der Waals surface area contributed by atoms with Crippen LogP contribution in [0.25, 0.3) is 10.9 Å². The summed E-state index contributed by atoms with van der Waals surface area (Å²) in [6, 6.07) is 5.18. The summed E-state index contributed by atoms with van der Waals surface area (Å²) in [5.74, 6) is 0.701. The summed E-state index contributed by atoms with van der Waals surface area (Å²) in [5.41, 5.74) is 0.553. The molecule has 25 heavy (non-hydrogen) atoms. The highest BCUT2D eigenvalue weighted by atomic mass is 35.5. The molecule has 0 spiro atoms. The number of benzene rings is 1. The second-order valence-electron chi connectivity index (χ2n) is 6.89. The number of aromatic nitrogens is 2. The number of ether oxygens (including phenoxy) is 1. The minimum atomic E-state index is -0.103. The molecule has 2 fully saturated rings. The second kappa shape index (κ2) is 7.41.